The topological polar surface area (TPSA) is 99.4 Å². The van der Waals surface area contributed by atoms with Crippen LogP contribution >= 0.6 is 0 Å². The van der Waals surface area contributed by atoms with Gasteiger partial charge in [0.25, 0.3) is 5.91 Å². The second-order valence-corrected chi connectivity index (χ2v) is 12.2. The molecule has 0 spiro atoms. The molecule has 0 bridgehead atoms. The van der Waals surface area contributed by atoms with Gasteiger partial charge in [0.15, 0.2) is 6.61 Å². The molecule has 34 heavy (non-hydrogen) atoms. The van der Waals surface area contributed by atoms with E-state index in [1.807, 2.05) is 0 Å². The van der Waals surface area contributed by atoms with Gasteiger partial charge in [-0.15, -0.1) is 0 Å². The normalized spacial score (nSPS) is 44.8. The molecule has 7 heteroatoms. The highest BCUT2D eigenvalue weighted by Crippen LogP contribution is 2.67. The predicted octanol–water partition coefficient (Wildman–Crippen LogP) is 4.15. The summed E-state index contributed by atoms with van der Waals surface area (Å²) in [6.45, 7) is 7.09. The number of hydrogen-bond donors (Lipinski definition) is 2. The Morgan fingerprint density at radius 1 is 1.09 bits per heavy atom. The number of rotatable bonds is 4. The molecule has 1 aliphatic heterocycles. The number of allylic oxidation sites excluding steroid dienone is 2. The Morgan fingerprint density at radius 2 is 1.85 bits per heavy atom. The maximum Gasteiger partial charge on any atom is 0.326 e. The second-order valence-electron chi connectivity index (χ2n) is 12.2. The van der Waals surface area contributed by atoms with E-state index in [1.54, 1.807) is 0 Å². The van der Waals surface area contributed by atoms with Crippen LogP contribution in [-0.4, -0.2) is 57.5 Å². The zero-order chi connectivity index (χ0) is 24.3. The van der Waals surface area contributed by atoms with Crippen LogP contribution < -0.4 is 0 Å². The van der Waals surface area contributed by atoms with E-state index in [0.29, 0.717) is 37.1 Å². The second kappa shape index (κ2) is 8.35. The van der Waals surface area contributed by atoms with Crippen LogP contribution in [-0.2, 0) is 14.4 Å². The summed E-state index contributed by atoms with van der Waals surface area (Å²) >= 11 is 0. The van der Waals surface area contributed by atoms with Gasteiger partial charge in [0.05, 0.1) is 11.3 Å². The van der Waals surface area contributed by atoms with Crippen molar-refractivity contribution in [2.75, 3.05) is 13.2 Å². The van der Waals surface area contributed by atoms with Crippen LogP contribution in [0.3, 0.4) is 0 Å². The fourth-order valence-electron chi connectivity index (χ4n) is 8.46. The number of amides is 1. The van der Waals surface area contributed by atoms with Crippen molar-refractivity contribution in [2.45, 2.75) is 96.6 Å². The zero-order valence-corrected chi connectivity index (χ0v) is 20.9. The van der Waals surface area contributed by atoms with E-state index in [-0.39, 0.29) is 23.3 Å². The Kier molecular flexibility index (Phi) is 5.85. The largest absolute Gasteiger partial charge is 0.480 e. The lowest BCUT2D eigenvalue weighted by Crippen LogP contribution is -2.53. The number of nitrogens with zero attached hydrogens (tertiary/aromatic N) is 2. The average molecular weight is 473 g/mol. The Balaban J connectivity index is 1.25. The summed E-state index contributed by atoms with van der Waals surface area (Å²) in [5.74, 6) is 0.704. The number of carbonyl (C=O) groups excluding carboxylic acids is 1. The van der Waals surface area contributed by atoms with Crippen LogP contribution in [0.15, 0.2) is 16.8 Å². The molecule has 0 radical (unpaired) electrons. The first-order valence-corrected chi connectivity index (χ1v) is 13.2. The fourth-order valence-corrected chi connectivity index (χ4v) is 8.46. The molecular weight excluding hydrogens is 432 g/mol. The molecule has 7 atom stereocenters. The molecule has 4 aliphatic carbocycles. The van der Waals surface area contributed by atoms with Crippen LogP contribution in [0.4, 0.5) is 0 Å². The molecule has 1 saturated heterocycles. The van der Waals surface area contributed by atoms with Crippen LogP contribution in [0.5, 0.6) is 0 Å². The van der Waals surface area contributed by atoms with Crippen molar-refractivity contribution in [1.82, 2.24) is 4.90 Å². The minimum atomic E-state index is -0.951. The molecule has 2 N–H and O–H groups in total. The number of carbonyl (C=O) groups is 2. The molecular formula is C27H40N2O5. The molecule has 3 saturated carbocycles. The third-order valence-corrected chi connectivity index (χ3v) is 10.8. The van der Waals surface area contributed by atoms with E-state index in [4.69, 9.17) is 4.84 Å². The van der Waals surface area contributed by atoms with E-state index in [2.05, 4.69) is 32.0 Å². The van der Waals surface area contributed by atoms with Gasteiger partial charge in [-0.05, 0) is 106 Å². The van der Waals surface area contributed by atoms with Gasteiger partial charge in [-0.2, -0.15) is 0 Å². The van der Waals surface area contributed by atoms with Gasteiger partial charge < -0.3 is 20.0 Å². The monoisotopic (exact) mass is 472 g/mol. The lowest BCUT2D eigenvalue weighted by atomic mass is 9.46. The van der Waals surface area contributed by atoms with E-state index in [1.165, 1.54) is 23.3 Å². The molecule has 5 rings (SSSR count). The van der Waals surface area contributed by atoms with Crippen LogP contribution in [0.25, 0.3) is 0 Å². The lowest BCUT2D eigenvalue weighted by molar-refractivity contribution is -0.150. The number of oxime groups is 1. The summed E-state index contributed by atoms with van der Waals surface area (Å²) < 4.78 is 0. The molecule has 0 aromatic carbocycles. The van der Waals surface area contributed by atoms with Crippen molar-refractivity contribution in [3.63, 3.8) is 0 Å². The van der Waals surface area contributed by atoms with Gasteiger partial charge in [-0.25, -0.2) is 4.79 Å². The van der Waals surface area contributed by atoms with Gasteiger partial charge >= 0.3 is 5.97 Å². The van der Waals surface area contributed by atoms with E-state index < -0.39 is 17.6 Å². The first-order valence-electron chi connectivity index (χ1n) is 13.2. The number of carboxylic acids is 1. The Hall–Kier alpha value is -1.89. The smallest absolute Gasteiger partial charge is 0.326 e. The molecule has 4 fully saturated rings. The Morgan fingerprint density at radius 3 is 2.62 bits per heavy atom. The molecule has 5 aliphatic rings. The van der Waals surface area contributed by atoms with Crippen molar-refractivity contribution in [2.24, 2.45) is 33.7 Å². The number of carboxylic acid groups (broad SMARTS) is 1. The van der Waals surface area contributed by atoms with Crippen molar-refractivity contribution in [3.05, 3.63) is 11.6 Å². The van der Waals surface area contributed by atoms with Crippen molar-refractivity contribution < 1.29 is 24.6 Å². The quantitative estimate of drug-likeness (QED) is 0.599. The van der Waals surface area contributed by atoms with E-state index in [9.17, 15) is 19.8 Å². The van der Waals surface area contributed by atoms with Gasteiger partial charge in [0, 0.05) is 6.54 Å². The molecule has 0 unspecified atom stereocenters. The SMILES string of the molecule is C[C@]12CC/C(=N\OCC(=O)N3CCC[C@H]3C(=O)O)C=C1CC[C@@H]1[C@@H]2CC[C@@]2(C)[C@H]1CC[C@]2(C)O. The molecule has 7 nitrogen and oxygen atoms in total. The molecule has 0 aromatic heterocycles. The van der Waals surface area contributed by atoms with E-state index >= 15 is 0 Å². The number of hydrogen-bond acceptors (Lipinski definition) is 5. The minimum Gasteiger partial charge on any atom is -0.480 e. The molecule has 1 amide bonds. The van der Waals surface area contributed by atoms with E-state index in [0.717, 1.165) is 44.2 Å². The highest BCUT2D eigenvalue weighted by molar-refractivity contribution is 5.96. The molecule has 0 aromatic rings. The summed E-state index contributed by atoms with van der Waals surface area (Å²) in [5.41, 5.74) is 2.03. The highest BCUT2D eigenvalue weighted by Gasteiger charge is 2.62. The summed E-state index contributed by atoms with van der Waals surface area (Å²) in [4.78, 5) is 30.6. The van der Waals surface area contributed by atoms with Crippen molar-refractivity contribution in [3.8, 4) is 0 Å². The maximum absolute atomic E-state index is 12.4. The van der Waals surface area contributed by atoms with Gasteiger partial charge in [-0.3, -0.25) is 4.79 Å². The predicted molar refractivity (Wildman–Crippen MR) is 128 cm³/mol. The summed E-state index contributed by atoms with van der Waals surface area (Å²) in [6, 6.07) is -0.739. The number of aliphatic hydroxyl groups is 1. The lowest BCUT2D eigenvalue weighted by Gasteiger charge is -2.59. The van der Waals surface area contributed by atoms with Crippen molar-refractivity contribution >= 4 is 17.6 Å². The summed E-state index contributed by atoms with van der Waals surface area (Å²) in [7, 11) is 0. The number of likely N-dealkylation sites (tertiary alicyclic amines) is 1. The van der Waals surface area contributed by atoms with Crippen molar-refractivity contribution in [1.29, 1.82) is 0 Å². The number of fused-ring (bicyclic) bond motifs is 5. The highest BCUT2D eigenvalue weighted by atomic mass is 16.6. The van der Waals surface area contributed by atoms with Gasteiger partial charge in [-0.1, -0.05) is 24.6 Å². The zero-order valence-electron chi connectivity index (χ0n) is 20.9. The maximum atomic E-state index is 12.4. The first kappa shape index (κ1) is 23.8. The Bertz CT molecular complexity index is 926. The van der Waals surface area contributed by atoms with Crippen LogP contribution in [0.2, 0.25) is 0 Å². The average Bonchev–Trinajstić information content (AvgIpc) is 3.37. The van der Waals surface area contributed by atoms with Crippen LogP contribution in [0.1, 0.15) is 85.0 Å². The van der Waals surface area contributed by atoms with Gasteiger partial charge in [0.1, 0.15) is 6.04 Å². The third-order valence-electron chi connectivity index (χ3n) is 10.8. The minimum absolute atomic E-state index is 0.0440. The number of aliphatic carboxylic acids is 1. The summed E-state index contributed by atoms with van der Waals surface area (Å²) in [6.07, 6.45) is 11.9. The summed E-state index contributed by atoms with van der Waals surface area (Å²) in [5, 5.41) is 24.7. The van der Waals surface area contributed by atoms with Gasteiger partial charge in [0.2, 0.25) is 0 Å². The Labute approximate surface area is 202 Å². The van der Waals surface area contributed by atoms with Crippen LogP contribution in [0, 0.1) is 28.6 Å². The standard InChI is InChI=1S/C27H40N2O5/c1-25-11-8-18(28-34-16-23(30)29-14-4-5-22(29)24(31)32)15-17(25)6-7-19-20(25)9-12-26(2)21(19)10-13-27(26,3)33/h15,19-22,33H,4-14,16H2,1-3H3,(H,31,32)/b28-18+/t19-,20+,21+,22+,25+,26+,27+/m1/s1. The molecule has 188 valence electrons. The third kappa shape index (κ3) is 3.61. The molecule has 1 heterocycles. The first-order chi connectivity index (χ1) is 16.1. The fraction of sp³-hybridized carbons (Fsp3) is 0.815.